The van der Waals surface area contributed by atoms with Crippen molar-refractivity contribution in [1.29, 1.82) is 0 Å². The number of primary amides is 1. The molecule has 3 rings (SSSR count). The van der Waals surface area contributed by atoms with E-state index in [0.717, 1.165) is 4.88 Å². The first-order valence-corrected chi connectivity index (χ1v) is 10.4. The molecule has 3 amide bonds. The van der Waals surface area contributed by atoms with Crippen LogP contribution in [-0.4, -0.2) is 67.4 Å². The highest BCUT2D eigenvalue weighted by atomic mass is 35.5. The minimum atomic E-state index is -0.654. The average Bonchev–Trinajstić information content (AvgIpc) is 3.17. The predicted octanol–water partition coefficient (Wildman–Crippen LogP) is 2.18. The van der Waals surface area contributed by atoms with E-state index in [9.17, 15) is 14.4 Å². The molecule has 1 aromatic heterocycles. The van der Waals surface area contributed by atoms with Gasteiger partial charge in [-0.25, -0.2) is 0 Å². The molecule has 0 atom stereocenters. The van der Waals surface area contributed by atoms with E-state index in [-0.39, 0.29) is 34.9 Å². The van der Waals surface area contributed by atoms with Gasteiger partial charge in [-0.05, 0) is 31.2 Å². The zero-order valence-electron chi connectivity index (χ0n) is 16.6. The number of ether oxygens (including phenoxy) is 2. The fourth-order valence-corrected chi connectivity index (χ4v) is 4.23. The molecular weight excluding hydrogens is 430 g/mol. The van der Waals surface area contributed by atoms with Crippen LogP contribution in [0.3, 0.4) is 0 Å². The lowest BCUT2D eigenvalue weighted by molar-refractivity contribution is -0.119. The van der Waals surface area contributed by atoms with Gasteiger partial charge < -0.3 is 25.0 Å². The first kappa shape index (κ1) is 21.9. The van der Waals surface area contributed by atoms with Gasteiger partial charge >= 0.3 is 0 Å². The van der Waals surface area contributed by atoms with E-state index in [1.54, 1.807) is 9.80 Å². The summed E-state index contributed by atoms with van der Waals surface area (Å²) in [6.45, 7) is 3.33. The van der Waals surface area contributed by atoms with Crippen molar-refractivity contribution in [3.8, 4) is 11.5 Å². The minimum Gasteiger partial charge on any atom is -0.493 e. The number of carbonyl (C=O) groups excluding carboxylic acids is 3. The van der Waals surface area contributed by atoms with E-state index in [4.69, 9.17) is 26.8 Å². The fourth-order valence-electron chi connectivity index (χ4n) is 3.13. The third-order valence-electron chi connectivity index (χ3n) is 4.64. The number of carbonyl (C=O) groups is 3. The smallest absolute Gasteiger partial charge is 0.264 e. The Morgan fingerprint density at radius 1 is 1.10 bits per heavy atom. The second-order valence-corrected chi connectivity index (χ2v) is 8.43. The highest BCUT2D eigenvalue weighted by Crippen LogP contribution is 2.36. The second-order valence-electron chi connectivity index (χ2n) is 6.74. The van der Waals surface area contributed by atoms with E-state index in [0.29, 0.717) is 36.6 Å². The average molecular weight is 452 g/mol. The van der Waals surface area contributed by atoms with Crippen LogP contribution in [0.2, 0.25) is 5.02 Å². The van der Waals surface area contributed by atoms with Gasteiger partial charge in [-0.1, -0.05) is 11.6 Å². The van der Waals surface area contributed by atoms with Crippen molar-refractivity contribution in [3.05, 3.63) is 44.6 Å². The summed E-state index contributed by atoms with van der Waals surface area (Å²) in [5.41, 5.74) is 5.42. The summed E-state index contributed by atoms with van der Waals surface area (Å²) in [4.78, 5) is 41.7. The Hall–Kier alpha value is -2.78. The van der Waals surface area contributed by atoms with Gasteiger partial charge in [-0.3, -0.25) is 14.4 Å². The molecule has 0 aliphatic carbocycles. The number of piperazine rings is 1. The number of benzene rings is 1. The van der Waals surface area contributed by atoms with Crippen molar-refractivity contribution >= 4 is 40.7 Å². The fraction of sp³-hybridized carbons (Fsp3) is 0.350. The Balaban J connectivity index is 1.68. The number of hydrogen-bond acceptors (Lipinski definition) is 6. The zero-order valence-corrected chi connectivity index (χ0v) is 18.2. The number of amides is 3. The normalized spacial score (nSPS) is 13.8. The zero-order chi connectivity index (χ0) is 21.8. The molecule has 0 saturated carbocycles. The van der Waals surface area contributed by atoms with Crippen molar-refractivity contribution in [1.82, 2.24) is 9.80 Å². The van der Waals surface area contributed by atoms with E-state index >= 15 is 0 Å². The van der Waals surface area contributed by atoms with Gasteiger partial charge in [-0.2, -0.15) is 0 Å². The summed E-state index contributed by atoms with van der Waals surface area (Å²) in [6, 6.07) is 6.73. The number of nitrogens with two attached hydrogens (primary N) is 1. The molecule has 1 aromatic carbocycles. The van der Waals surface area contributed by atoms with Crippen LogP contribution >= 0.6 is 22.9 Å². The van der Waals surface area contributed by atoms with Crippen molar-refractivity contribution in [3.63, 3.8) is 0 Å². The number of nitrogens with zero attached hydrogens (tertiary/aromatic N) is 2. The molecule has 1 aliphatic rings. The molecule has 1 saturated heterocycles. The molecule has 10 heteroatoms. The highest BCUT2D eigenvalue weighted by Gasteiger charge is 2.27. The number of hydrogen-bond donors (Lipinski definition) is 1. The highest BCUT2D eigenvalue weighted by molar-refractivity contribution is 7.13. The largest absolute Gasteiger partial charge is 0.493 e. The topological polar surface area (TPSA) is 102 Å². The molecule has 0 bridgehead atoms. The lowest BCUT2D eigenvalue weighted by Gasteiger charge is -2.34. The first-order valence-electron chi connectivity index (χ1n) is 9.23. The predicted molar refractivity (Wildman–Crippen MR) is 114 cm³/mol. The Morgan fingerprint density at radius 3 is 2.27 bits per heavy atom. The summed E-state index contributed by atoms with van der Waals surface area (Å²) in [6.07, 6.45) is 0. The van der Waals surface area contributed by atoms with Crippen molar-refractivity contribution < 1.29 is 23.9 Å². The van der Waals surface area contributed by atoms with E-state index in [2.05, 4.69) is 0 Å². The van der Waals surface area contributed by atoms with Gasteiger partial charge in [0.15, 0.2) is 18.1 Å². The summed E-state index contributed by atoms with van der Waals surface area (Å²) in [5.74, 6) is -0.514. The summed E-state index contributed by atoms with van der Waals surface area (Å²) >= 11 is 7.70. The first-order chi connectivity index (χ1) is 14.3. The van der Waals surface area contributed by atoms with Gasteiger partial charge in [0.05, 0.1) is 17.0 Å². The Morgan fingerprint density at radius 2 is 1.73 bits per heavy atom. The Bertz CT molecular complexity index is 969. The van der Waals surface area contributed by atoms with Crippen LogP contribution in [0.5, 0.6) is 11.5 Å². The quantitative estimate of drug-likeness (QED) is 0.725. The SMILES string of the molecule is COc1cc(C(=O)N2CCN(C(=O)c3ccc(C)s3)CC2)cc(Cl)c1OCC(N)=O. The van der Waals surface area contributed by atoms with Crippen LogP contribution in [0.4, 0.5) is 0 Å². The molecular formula is C20H22ClN3O5S. The van der Waals surface area contributed by atoms with Crippen molar-refractivity contribution in [2.24, 2.45) is 5.73 Å². The number of halogens is 1. The third-order valence-corrected chi connectivity index (χ3v) is 5.91. The number of rotatable bonds is 6. The number of aryl methyl sites for hydroxylation is 1. The van der Waals surface area contributed by atoms with E-state index in [1.807, 2.05) is 19.1 Å². The molecule has 8 nitrogen and oxygen atoms in total. The lowest BCUT2D eigenvalue weighted by atomic mass is 10.1. The van der Waals surface area contributed by atoms with Gasteiger partial charge in [0.25, 0.3) is 17.7 Å². The van der Waals surface area contributed by atoms with Crippen molar-refractivity contribution in [2.75, 3.05) is 39.9 Å². The van der Waals surface area contributed by atoms with E-state index in [1.165, 1.54) is 30.6 Å². The minimum absolute atomic E-state index is 0.0131. The maximum Gasteiger partial charge on any atom is 0.264 e. The van der Waals surface area contributed by atoms with Crippen LogP contribution in [0.25, 0.3) is 0 Å². The number of methoxy groups -OCH3 is 1. The summed E-state index contributed by atoms with van der Waals surface area (Å²) in [5, 5.41) is 0.140. The molecule has 2 N–H and O–H groups in total. The molecule has 2 aromatic rings. The molecule has 1 aliphatic heterocycles. The Kier molecular flexibility index (Phi) is 6.84. The standard InChI is InChI=1S/C20H22ClN3O5S/c1-12-3-4-16(30-12)20(27)24-7-5-23(6-8-24)19(26)13-9-14(21)18(15(10-13)28-2)29-11-17(22)25/h3-4,9-10H,5-8,11H2,1-2H3,(H2,22,25). The van der Waals surface area contributed by atoms with Crippen LogP contribution in [0, 0.1) is 6.92 Å². The maximum absolute atomic E-state index is 12.9. The van der Waals surface area contributed by atoms with Gasteiger partial charge in [-0.15, -0.1) is 11.3 Å². The van der Waals surface area contributed by atoms with Crippen LogP contribution in [0.1, 0.15) is 24.9 Å². The van der Waals surface area contributed by atoms with Crippen LogP contribution in [-0.2, 0) is 4.79 Å². The van der Waals surface area contributed by atoms with Gasteiger partial charge in [0.1, 0.15) is 0 Å². The molecule has 160 valence electrons. The molecule has 0 spiro atoms. The summed E-state index contributed by atoms with van der Waals surface area (Å²) in [7, 11) is 1.41. The molecule has 2 heterocycles. The Labute approximate surface area is 183 Å². The summed E-state index contributed by atoms with van der Waals surface area (Å²) < 4.78 is 10.5. The van der Waals surface area contributed by atoms with Crippen LogP contribution < -0.4 is 15.2 Å². The monoisotopic (exact) mass is 451 g/mol. The number of thiophene rings is 1. The third kappa shape index (κ3) is 4.85. The molecule has 0 unspecified atom stereocenters. The molecule has 30 heavy (non-hydrogen) atoms. The van der Waals surface area contributed by atoms with Crippen LogP contribution in [0.15, 0.2) is 24.3 Å². The second kappa shape index (κ2) is 9.36. The van der Waals surface area contributed by atoms with Gasteiger partial charge in [0, 0.05) is 36.6 Å². The van der Waals surface area contributed by atoms with E-state index < -0.39 is 5.91 Å². The lowest BCUT2D eigenvalue weighted by Crippen LogP contribution is -2.50. The van der Waals surface area contributed by atoms with Gasteiger partial charge in [0.2, 0.25) is 0 Å². The molecule has 0 radical (unpaired) electrons. The van der Waals surface area contributed by atoms with Crippen molar-refractivity contribution in [2.45, 2.75) is 6.92 Å². The maximum atomic E-state index is 12.9. The molecule has 1 fully saturated rings.